The van der Waals surface area contributed by atoms with Crippen molar-refractivity contribution in [3.05, 3.63) is 35.0 Å². The van der Waals surface area contributed by atoms with E-state index in [1.165, 1.54) is 0 Å². The van der Waals surface area contributed by atoms with Gasteiger partial charge in [-0.2, -0.15) is 5.10 Å². The molecule has 0 aliphatic rings. The van der Waals surface area contributed by atoms with Crippen molar-refractivity contribution in [1.82, 2.24) is 10.2 Å². The van der Waals surface area contributed by atoms with Gasteiger partial charge in [0.15, 0.2) is 0 Å². The number of H-pyrrole nitrogens is 1. The lowest BCUT2D eigenvalue weighted by Gasteiger charge is -2.20. The van der Waals surface area contributed by atoms with E-state index in [1.54, 1.807) is 13.2 Å². The van der Waals surface area contributed by atoms with E-state index in [4.69, 9.17) is 9.84 Å². The van der Waals surface area contributed by atoms with E-state index >= 15 is 0 Å². The van der Waals surface area contributed by atoms with Crippen molar-refractivity contribution in [1.29, 1.82) is 0 Å². The van der Waals surface area contributed by atoms with Crippen LogP contribution in [0.3, 0.4) is 0 Å². The number of ether oxygens (including phenoxy) is 1. The second-order valence-corrected chi connectivity index (χ2v) is 5.93. The second-order valence-electron chi connectivity index (χ2n) is 5.93. The molecular weight excluding hydrogens is 280 g/mol. The number of carboxylic acid groups (broad SMARTS) is 1. The predicted octanol–water partition coefficient (Wildman–Crippen LogP) is 4.03. The van der Waals surface area contributed by atoms with Crippen molar-refractivity contribution >= 4 is 5.97 Å². The van der Waals surface area contributed by atoms with Crippen molar-refractivity contribution in [2.24, 2.45) is 0 Å². The van der Waals surface area contributed by atoms with Gasteiger partial charge in [0.1, 0.15) is 11.4 Å². The van der Waals surface area contributed by atoms with E-state index in [0.29, 0.717) is 11.6 Å². The van der Waals surface area contributed by atoms with Crippen LogP contribution in [0.25, 0.3) is 11.3 Å². The Labute approximate surface area is 130 Å². The van der Waals surface area contributed by atoms with Gasteiger partial charge in [-0.05, 0) is 29.0 Å². The van der Waals surface area contributed by atoms with Gasteiger partial charge >= 0.3 is 5.97 Å². The lowest BCUT2D eigenvalue weighted by molar-refractivity contribution is 0.0690. The summed E-state index contributed by atoms with van der Waals surface area (Å²) in [7, 11) is 1.64. The molecule has 22 heavy (non-hydrogen) atoms. The van der Waals surface area contributed by atoms with Crippen molar-refractivity contribution < 1.29 is 14.6 Å². The van der Waals surface area contributed by atoms with Crippen LogP contribution in [0.1, 0.15) is 61.1 Å². The fraction of sp³-hybridized carbons (Fsp3) is 0.412. The molecule has 1 aromatic heterocycles. The summed E-state index contributed by atoms with van der Waals surface area (Å²) in [6, 6.07) is 5.70. The molecule has 0 amide bonds. The van der Waals surface area contributed by atoms with Crippen LogP contribution in [-0.4, -0.2) is 28.4 Å². The van der Waals surface area contributed by atoms with E-state index in [0.717, 1.165) is 22.4 Å². The summed E-state index contributed by atoms with van der Waals surface area (Å²) in [5.41, 5.74) is 3.71. The zero-order valence-electron chi connectivity index (χ0n) is 13.6. The molecule has 0 saturated carbocycles. The molecule has 0 unspecified atom stereocenters. The highest BCUT2D eigenvalue weighted by Gasteiger charge is 2.22. The third-order valence-corrected chi connectivity index (χ3v) is 3.73. The molecule has 0 saturated heterocycles. The standard InChI is InChI=1S/C17H22N2O3/c1-9(2)11-6-7-12(10(3)4)16(22-5)15(11)13-8-14(17(20)21)19-18-13/h6-10H,1-5H3,(H,18,19)(H,20,21). The van der Waals surface area contributed by atoms with Crippen molar-refractivity contribution in [3.8, 4) is 17.0 Å². The zero-order chi connectivity index (χ0) is 16.4. The minimum atomic E-state index is -1.02. The maximum Gasteiger partial charge on any atom is 0.353 e. The van der Waals surface area contributed by atoms with Crippen LogP contribution in [0.2, 0.25) is 0 Å². The Hall–Kier alpha value is -2.30. The number of nitrogens with zero attached hydrogens (tertiary/aromatic N) is 1. The number of benzene rings is 1. The van der Waals surface area contributed by atoms with Crippen LogP contribution >= 0.6 is 0 Å². The molecule has 2 N–H and O–H groups in total. The van der Waals surface area contributed by atoms with Crippen LogP contribution < -0.4 is 4.74 Å². The molecule has 0 aliphatic heterocycles. The Balaban J connectivity index is 2.73. The highest BCUT2D eigenvalue weighted by molar-refractivity contribution is 5.87. The minimum absolute atomic E-state index is 0.0710. The number of aromatic nitrogens is 2. The average molecular weight is 302 g/mol. The first-order valence-electron chi connectivity index (χ1n) is 7.36. The van der Waals surface area contributed by atoms with Gasteiger partial charge in [0, 0.05) is 5.56 Å². The van der Waals surface area contributed by atoms with Crippen LogP contribution in [0.15, 0.2) is 18.2 Å². The Bertz CT molecular complexity index is 687. The smallest absolute Gasteiger partial charge is 0.353 e. The fourth-order valence-electron chi connectivity index (χ4n) is 2.59. The van der Waals surface area contributed by atoms with Gasteiger partial charge in [-0.25, -0.2) is 4.79 Å². The molecule has 0 fully saturated rings. The number of aromatic amines is 1. The number of carboxylic acids is 1. The van der Waals surface area contributed by atoms with Crippen molar-refractivity contribution in [3.63, 3.8) is 0 Å². The molecule has 1 aromatic carbocycles. The van der Waals surface area contributed by atoms with Gasteiger partial charge in [0.25, 0.3) is 0 Å². The second kappa shape index (κ2) is 6.22. The van der Waals surface area contributed by atoms with Gasteiger partial charge in [-0.15, -0.1) is 0 Å². The first-order chi connectivity index (χ1) is 10.4. The summed E-state index contributed by atoms with van der Waals surface area (Å²) in [6.07, 6.45) is 0. The first kappa shape index (κ1) is 16.1. The van der Waals surface area contributed by atoms with E-state index in [2.05, 4.69) is 50.0 Å². The SMILES string of the molecule is COc1c(C(C)C)ccc(C(C)C)c1-c1cc(C(=O)O)[nH]n1. The lowest BCUT2D eigenvalue weighted by atomic mass is 9.89. The van der Waals surface area contributed by atoms with Crippen LogP contribution in [0.5, 0.6) is 5.75 Å². The fourth-order valence-corrected chi connectivity index (χ4v) is 2.59. The van der Waals surface area contributed by atoms with Crippen molar-refractivity contribution in [2.75, 3.05) is 7.11 Å². The predicted molar refractivity (Wildman–Crippen MR) is 85.7 cm³/mol. The number of rotatable bonds is 5. The molecule has 2 aromatic rings. The Morgan fingerprint density at radius 1 is 1.18 bits per heavy atom. The summed E-state index contributed by atoms with van der Waals surface area (Å²) in [6.45, 7) is 8.39. The topological polar surface area (TPSA) is 75.2 Å². The average Bonchev–Trinajstić information content (AvgIpc) is 2.94. The molecule has 0 spiro atoms. The monoisotopic (exact) mass is 302 g/mol. The maximum absolute atomic E-state index is 11.1. The van der Waals surface area contributed by atoms with E-state index in [9.17, 15) is 4.79 Å². The molecule has 0 bridgehead atoms. The summed E-state index contributed by atoms with van der Waals surface area (Å²) in [5, 5.41) is 15.8. The highest BCUT2D eigenvalue weighted by Crippen LogP contribution is 2.41. The van der Waals surface area contributed by atoms with Crippen LogP contribution in [-0.2, 0) is 0 Å². The Morgan fingerprint density at radius 3 is 2.23 bits per heavy atom. The summed E-state index contributed by atoms with van der Waals surface area (Å²) < 4.78 is 5.65. The van der Waals surface area contributed by atoms with Gasteiger partial charge in [-0.1, -0.05) is 39.8 Å². The Kier molecular flexibility index (Phi) is 4.54. The van der Waals surface area contributed by atoms with Gasteiger partial charge < -0.3 is 9.84 Å². The number of aromatic carboxylic acids is 1. The number of carbonyl (C=O) groups is 1. The van der Waals surface area contributed by atoms with Gasteiger partial charge in [0.05, 0.1) is 12.8 Å². The van der Waals surface area contributed by atoms with E-state index < -0.39 is 5.97 Å². The summed E-state index contributed by atoms with van der Waals surface area (Å²) in [4.78, 5) is 11.1. The third kappa shape index (κ3) is 2.84. The number of hydrogen-bond acceptors (Lipinski definition) is 3. The lowest BCUT2D eigenvalue weighted by Crippen LogP contribution is -2.02. The minimum Gasteiger partial charge on any atom is -0.496 e. The molecule has 118 valence electrons. The molecule has 0 atom stereocenters. The molecule has 5 heteroatoms. The first-order valence-corrected chi connectivity index (χ1v) is 7.36. The molecular formula is C17H22N2O3. The van der Waals surface area contributed by atoms with Crippen LogP contribution in [0.4, 0.5) is 0 Å². The summed E-state index contributed by atoms with van der Waals surface area (Å²) in [5.74, 6) is 0.316. The molecule has 0 radical (unpaired) electrons. The molecule has 5 nitrogen and oxygen atoms in total. The van der Waals surface area contributed by atoms with Crippen LogP contribution in [0, 0.1) is 0 Å². The van der Waals surface area contributed by atoms with E-state index in [1.807, 2.05) is 0 Å². The molecule has 0 aliphatic carbocycles. The van der Waals surface area contributed by atoms with E-state index in [-0.39, 0.29) is 11.6 Å². The zero-order valence-corrected chi connectivity index (χ0v) is 13.6. The largest absolute Gasteiger partial charge is 0.496 e. The van der Waals surface area contributed by atoms with Gasteiger partial charge in [-0.3, -0.25) is 5.10 Å². The number of methoxy groups -OCH3 is 1. The highest BCUT2D eigenvalue weighted by atomic mass is 16.5. The normalized spacial score (nSPS) is 11.2. The van der Waals surface area contributed by atoms with Crippen molar-refractivity contribution in [2.45, 2.75) is 39.5 Å². The third-order valence-electron chi connectivity index (χ3n) is 3.73. The quantitative estimate of drug-likeness (QED) is 0.874. The molecule has 2 rings (SSSR count). The molecule has 1 heterocycles. The number of nitrogens with one attached hydrogen (secondary N) is 1. The maximum atomic E-state index is 11.1. The Morgan fingerprint density at radius 2 is 1.77 bits per heavy atom. The number of hydrogen-bond donors (Lipinski definition) is 2. The summed E-state index contributed by atoms with van der Waals surface area (Å²) >= 11 is 0. The van der Waals surface area contributed by atoms with Gasteiger partial charge in [0.2, 0.25) is 0 Å².